The number of carbonyl (C=O) groups excluding carboxylic acids is 1. The highest BCUT2D eigenvalue weighted by Crippen LogP contribution is 2.23. The molecule has 0 unspecified atom stereocenters. The number of pyridine rings is 1. The number of carbonyl (C=O) groups is 1. The van der Waals surface area contributed by atoms with Gasteiger partial charge in [0.2, 0.25) is 5.95 Å². The number of esters is 1. The first kappa shape index (κ1) is 16.6. The zero-order valence-electron chi connectivity index (χ0n) is 14.1. The zero-order chi connectivity index (χ0) is 17.6. The quantitative estimate of drug-likeness (QED) is 0.716. The van der Waals surface area contributed by atoms with Gasteiger partial charge in [-0.1, -0.05) is 6.07 Å². The van der Waals surface area contributed by atoms with Crippen molar-refractivity contribution in [3.05, 3.63) is 66.1 Å². The molecule has 3 rings (SSSR count). The van der Waals surface area contributed by atoms with E-state index in [9.17, 15) is 4.79 Å². The molecule has 0 fully saturated rings. The van der Waals surface area contributed by atoms with Gasteiger partial charge >= 0.3 is 5.97 Å². The predicted molar refractivity (Wildman–Crippen MR) is 95.7 cm³/mol. The predicted octanol–water partition coefficient (Wildman–Crippen LogP) is 3.77. The number of nitrogens with one attached hydrogen (secondary N) is 1. The second-order valence-corrected chi connectivity index (χ2v) is 5.33. The summed E-state index contributed by atoms with van der Waals surface area (Å²) >= 11 is 0. The summed E-state index contributed by atoms with van der Waals surface area (Å²) in [5.74, 6) is 0.110. The van der Waals surface area contributed by atoms with E-state index in [1.54, 1.807) is 37.6 Å². The van der Waals surface area contributed by atoms with E-state index < -0.39 is 0 Å². The summed E-state index contributed by atoms with van der Waals surface area (Å²) in [5.41, 5.74) is 3.75. The molecule has 2 heterocycles. The average molecular weight is 334 g/mol. The van der Waals surface area contributed by atoms with Gasteiger partial charge in [-0.05, 0) is 49.7 Å². The monoisotopic (exact) mass is 334 g/mol. The van der Waals surface area contributed by atoms with Gasteiger partial charge in [0.15, 0.2) is 0 Å². The van der Waals surface area contributed by atoms with E-state index in [1.807, 2.05) is 31.2 Å². The van der Waals surface area contributed by atoms with Crippen LogP contribution in [0.4, 0.5) is 11.6 Å². The summed E-state index contributed by atoms with van der Waals surface area (Å²) in [6.07, 6.45) is 5.15. The van der Waals surface area contributed by atoms with Gasteiger partial charge in [-0.25, -0.2) is 14.8 Å². The molecule has 0 bridgehead atoms. The molecule has 1 aromatic carbocycles. The first-order chi connectivity index (χ1) is 12.2. The molecule has 126 valence electrons. The maximum absolute atomic E-state index is 12.0. The molecule has 0 spiro atoms. The minimum absolute atomic E-state index is 0.339. The van der Waals surface area contributed by atoms with Crippen molar-refractivity contribution in [3.63, 3.8) is 0 Å². The van der Waals surface area contributed by atoms with Crippen LogP contribution in [-0.4, -0.2) is 27.5 Å². The topological polar surface area (TPSA) is 77.0 Å². The van der Waals surface area contributed by atoms with Gasteiger partial charge < -0.3 is 10.1 Å². The van der Waals surface area contributed by atoms with Crippen LogP contribution in [0.15, 0.2) is 55.0 Å². The van der Waals surface area contributed by atoms with Crippen LogP contribution in [0, 0.1) is 6.92 Å². The second kappa shape index (κ2) is 7.53. The minimum Gasteiger partial charge on any atom is -0.462 e. The van der Waals surface area contributed by atoms with Gasteiger partial charge in [0, 0.05) is 29.8 Å². The molecule has 0 aliphatic carbocycles. The number of rotatable bonds is 5. The van der Waals surface area contributed by atoms with Crippen molar-refractivity contribution in [2.24, 2.45) is 0 Å². The highest BCUT2D eigenvalue weighted by Gasteiger charge is 2.13. The first-order valence-corrected chi connectivity index (χ1v) is 7.96. The number of benzene rings is 1. The largest absolute Gasteiger partial charge is 0.462 e. The van der Waals surface area contributed by atoms with Gasteiger partial charge in [-0.15, -0.1) is 0 Å². The molecule has 0 saturated heterocycles. The van der Waals surface area contributed by atoms with Crippen LogP contribution in [-0.2, 0) is 4.74 Å². The maximum Gasteiger partial charge on any atom is 0.338 e. The molecule has 3 aromatic rings. The minimum atomic E-state index is -0.339. The molecule has 0 aliphatic rings. The van der Waals surface area contributed by atoms with Crippen molar-refractivity contribution in [2.75, 3.05) is 11.9 Å². The molecule has 0 radical (unpaired) electrons. The van der Waals surface area contributed by atoms with Crippen molar-refractivity contribution in [2.45, 2.75) is 13.8 Å². The molecule has 6 nitrogen and oxygen atoms in total. The van der Waals surface area contributed by atoms with Crippen LogP contribution >= 0.6 is 0 Å². The first-order valence-electron chi connectivity index (χ1n) is 7.96. The Morgan fingerprint density at radius 1 is 1.16 bits per heavy atom. The van der Waals surface area contributed by atoms with Crippen molar-refractivity contribution in [1.29, 1.82) is 0 Å². The lowest BCUT2D eigenvalue weighted by Crippen LogP contribution is -2.08. The van der Waals surface area contributed by atoms with E-state index in [0.29, 0.717) is 18.1 Å². The SMILES string of the molecule is CCOC(=O)c1cccc(Nc2nccc(-c3cccnc3)n2)c1C. The Hall–Kier alpha value is -3.28. The smallest absolute Gasteiger partial charge is 0.338 e. The van der Waals surface area contributed by atoms with Crippen LogP contribution in [0.5, 0.6) is 0 Å². The summed E-state index contributed by atoms with van der Waals surface area (Å²) < 4.78 is 5.09. The molecular weight excluding hydrogens is 316 g/mol. The van der Waals surface area contributed by atoms with Crippen LogP contribution in [0.1, 0.15) is 22.8 Å². The Bertz CT molecular complexity index is 882. The van der Waals surface area contributed by atoms with Crippen LogP contribution in [0.25, 0.3) is 11.3 Å². The summed E-state index contributed by atoms with van der Waals surface area (Å²) in [7, 11) is 0. The third-order valence-electron chi connectivity index (χ3n) is 3.69. The highest BCUT2D eigenvalue weighted by atomic mass is 16.5. The highest BCUT2D eigenvalue weighted by molar-refractivity contribution is 5.93. The average Bonchev–Trinajstić information content (AvgIpc) is 2.64. The molecule has 6 heteroatoms. The molecule has 0 atom stereocenters. The van der Waals surface area contributed by atoms with Crippen LogP contribution in [0.2, 0.25) is 0 Å². The Balaban J connectivity index is 1.88. The maximum atomic E-state index is 12.0. The van der Waals surface area contributed by atoms with E-state index in [4.69, 9.17) is 4.74 Å². The number of hydrogen-bond acceptors (Lipinski definition) is 6. The van der Waals surface area contributed by atoms with Crippen molar-refractivity contribution < 1.29 is 9.53 Å². The lowest BCUT2D eigenvalue weighted by atomic mass is 10.1. The molecule has 1 N–H and O–H groups in total. The van der Waals surface area contributed by atoms with E-state index in [-0.39, 0.29) is 5.97 Å². The normalized spacial score (nSPS) is 10.3. The van der Waals surface area contributed by atoms with Crippen molar-refractivity contribution >= 4 is 17.6 Å². The lowest BCUT2D eigenvalue weighted by Gasteiger charge is -2.12. The molecule has 2 aromatic heterocycles. The molecule has 0 aliphatic heterocycles. The van der Waals surface area contributed by atoms with E-state index in [0.717, 1.165) is 22.5 Å². The fraction of sp³-hybridized carbons (Fsp3) is 0.158. The fourth-order valence-corrected chi connectivity index (χ4v) is 2.42. The lowest BCUT2D eigenvalue weighted by molar-refractivity contribution is 0.0525. The Morgan fingerprint density at radius 3 is 2.80 bits per heavy atom. The standard InChI is InChI=1S/C19H18N4O2/c1-3-25-18(24)15-7-4-8-16(13(15)2)22-19-21-11-9-17(23-19)14-6-5-10-20-12-14/h4-12H,3H2,1-2H3,(H,21,22,23). The molecule has 0 amide bonds. The molecule has 0 saturated carbocycles. The Morgan fingerprint density at radius 2 is 2.04 bits per heavy atom. The third-order valence-corrected chi connectivity index (χ3v) is 3.69. The number of anilines is 2. The summed E-state index contributed by atoms with van der Waals surface area (Å²) in [6, 6.07) is 11.0. The molecular formula is C19H18N4O2. The summed E-state index contributed by atoms with van der Waals surface area (Å²) in [5, 5.41) is 3.17. The van der Waals surface area contributed by atoms with Crippen LogP contribution in [0.3, 0.4) is 0 Å². The van der Waals surface area contributed by atoms with Gasteiger partial charge in [0.05, 0.1) is 17.9 Å². The number of aromatic nitrogens is 3. The van der Waals surface area contributed by atoms with Gasteiger partial charge in [0.25, 0.3) is 0 Å². The fourth-order valence-electron chi connectivity index (χ4n) is 2.42. The zero-order valence-corrected chi connectivity index (χ0v) is 14.1. The summed E-state index contributed by atoms with van der Waals surface area (Å²) in [6.45, 7) is 3.98. The van der Waals surface area contributed by atoms with E-state index >= 15 is 0 Å². The van der Waals surface area contributed by atoms with Gasteiger partial charge in [-0.2, -0.15) is 0 Å². The summed E-state index contributed by atoms with van der Waals surface area (Å²) in [4.78, 5) is 24.9. The third kappa shape index (κ3) is 3.80. The van der Waals surface area contributed by atoms with E-state index in [2.05, 4.69) is 20.3 Å². The van der Waals surface area contributed by atoms with Gasteiger partial charge in [0.1, 0.15) is 0 Å². The number of nitrogens with zero attached hydrogens (tertiary/aromatic N) is 3. The van der Waals surface area contributed by atoms with Crippen LogP contribution < -0.4 is 5.32 Å². The number of hydrogen-bond donors (Lipinski definition) is 1. The second-order valence-electron chi connectivity index (χ2n) is 5.33. The Labute approximate surface area is 145 Å². The number of ether oxygens (including phenoxy) is 1. The van der Waals surface area contributed by atoms with Crippen molar-refractivity contribution in [3.8, 4) is 11.3 Å². The molecule has 25 heavy (non-hydrogen) atoms. The Kier molecular flexibility index (Phi) is 4.99. The van der Waals surface area contributed by atoms with Gasteiger partial charge in [-0.3, -0.25) is 4.98 Å². The van der Waals surface area contributed by atoms with Crippen molar-refractivity contribution in [1.82, 2.24) is 15.0 Å². The van der Waals surface area contributed by atoms with E-state index in [1.165, 1.54) is 0 Å².